The summed E-state index contributed by atoms with van der Waals surface area (Å²) >= 11 is 0. The van der Waals surface area contributed by atoms with E-state index in [-0.39, 0.29) is 17.0 Å². The van der Waals surface area contributed by atoms with E-state index in [1.54, 1.807) is 0 Å². The molecule has 2 aromatic carbocycles. The zero-order valence-electron chi connectivity index (χ0n) is 17.9. The Morgan fingerprint density at radius 1 is 1.13 bits per heavy atom. The number of carbonyl (C=O) groups excluding carboxylic acids is 1. The Kier molecular flexibility index (Phi) is 5.28. The molecule has 0 radical (unpaired) electrons. The van der Waals surface area contributed by atoms with Crippen molar-refractivity contribution in [3.05, 3.63) is 70.3 Å². The first kappa shape index (κ1) is 20.4. The summed E-state index contributed by atoms with van der Waals surface area (Å²) in [6.07, 6.45) is 0.996. The van der Waals surface area contributed by atoms with Crippen LogP contribution in [0.15, 0.2) is 36.4 Å². The van der Waals surface area contributed by atoms with Gasteiger partial charge in [0.15, 0.2) is 0 Å². The second-order valence-electron chi connectivity index (χ2n) is 8.65. The summed E-state index contributed by atoms with van der Waals surface area (Å²) in [5, 5.41) is 3.00. The van der Waals surface area contributed by atoms with Crippen LogP contribution in [0.25, 0.3) is 11.0 Å². The van der Waals surface area contributed by atoms with Gasteiger partial charge in [-0.15, -0.1) is 0 Å². The van der Waals surface area contributed by atoms with E-state index < -0.39 is 5.82 Å². The summed E-state index contributed by atoms with van der Waals surface area (Å²) in [7, 11) is 0. The second-order valence-corrected chi connectivity index (χ2v) is 8.65. The normalized spacial score (nSPS) is 14.6. The molecule has 0 unspecified atom stereocenters. The topological polar surface area (TPSA) is 58.1 Å². The molecule has 1 N–H and O–H groups in total. The predicted molar refractivity (Wildman–Crippen MR) is 116 cm³/mol. The summed E-state index contributed by atoms with van der Waals surface area (Å²) in [6.45, 7) is 10.1. The van der Waals surface area contributed by atoms with Crippen molar-refractivity contribution < 1.29 is 9.18 Å². The molecule has 0 bridgehead atoms. The van der Waals surface area contributed by atoms with Gasteiger partial charge in [0.1, 0.15) is 11.3 Å². The maximum atomic E-state index is 14.1. The number of hydrogen-bond donors (Lipinski definition) is 1. The summed E-state index contributed by atoms with van der Waals surface area (Å²) in [4.78, 5) is 24.2. The van der Waals surface area contributed by atoms with Crippen molar-refractivity contribution in [3.63, 3.8) is 0 Å². The zero-order valence-corrected chi connectivity index (χ0v) is 17.9. The van der Waals surface area contributed by atoms with E-state index >= 15 is 0 Å². The number of carbonyl (C=O) groups is 1. The molecule has 30 heavy (non-hydrogen) atoms. The van der Waals surface area contributed by atoms with E-state index in [4.69, 9.17) is 0 Å². The van der Waals surface area contributed by atoms with Gasteiger partial charge in [-0.2, -0.15) is 0 Å². The van der Waals surface area contributed by atoms with Crippen LogP contribution < -0.4 is 5.32 Å². The van der Waals surface area contributed by atoms with Crippen molar-refractivity contribution in [2.45, 2.75) is 46.2 Å². The molecule has 0 spiro atoms. The Hall–Kier alpha value is -2.86. The summed E-state index contributed by atoms with van der Waals surface area (Å²) in [5.41, 5.74) is 4.99. The summed E-state index contributed by atoms with van der Waals surface area (Å²) in [5.74, 6) is -0.820. The molecular weight excluding hydrogens is 379 g/mol. The molecule has 2 heterocycles. The van der Waals surface area contributed by atoms with E-state index in [0.29, 0.717) is 17.6 Å². The lowest BCUT2D eigenvalue weighted by Crippen LogP contribution is -2.53. The molecule has 0 aliphatic carbocycles. The molecule has 5 nitrogen and oxygen atoms in total. The van der Waals surface area contributed by atoms with Crippen LogP contribution in [0.5, 0.6) is 0 Å². The molecule has 0 saturated carbocycles. The largest absolute Gasteiger partial charge is 0.350 e. The number of hydrogen-bond acceptors (Lipinski definition) is 4. The molecule has 1 aliphatic rings. The lowest BCUT2D eigenvalue weighted by atomic mass is 9.94. The molecule has 156 valence electrons. The van der Waals surface area contributed by atoms with Crippen molar-refractivity contribution in [1.82, 2.24) is 20.2 Å². The van der Waals surface area contributed by atoms with E-state index in [1.807, 2.05) is 13.8 Å². The van der Waals surface area contributed by atoms with Gasteiger partial charge in [-0.3, -0.25) is 9.69 Å². The number of amides is 1. The molecule has 3 aromatic rings. The molecule has 0 atom stereocenters. The number of fused-ring (bicyclic) bond motifs is 2. The van der Waals surface area contributed by atoms with Crippen molar-refractivity contribution in [2.75, 3.05) is 13.1 Å². The van der Waals surface area contributed by atoms with Crippen LogP contribution in [0, 0.1) is 19.7 Å². The lowest BCUT2D eigenvalue weighted by molar-refractivity contribution is 0.0827. The van der Waals surface area contributed by atoms with Crippen molar-refractivity contribution in [2.24, 2.45) is 0 Å². The molecular formula is C24H27FN4O. The smallest absolute Gasteiger partial charge is 0.253 e. The van der Waals surface area contributed by atoms with Gasteiger partial charge in [0, 0.05) is 31.2 Å². The van der Waals surface area contributed by atoms with E-state index in [1.165, 1.54) is 23.3 Å². The fourth-order valence-corrected chi connectivity index (χ4v) is 3.99. The average molecular weight is 407 g/mol. The predicted octanol–water partition coefficient (Wildman–Crippen LogP) is 3.95. The standard InChI is InChI=1S/C24H27FN4O/c1-15-16(2)28-22-20(11-19(25)12-21(22)27-15)23(30)26-14-24(3,4)29-10-9-17-7-5-6-8-18(17)13-29/h5-8,11-12H,9-10,13-14H2,1-4H3,(H,26,30). The minimum absolute atomic E-state index is 0.223. The maximum absolute atomic E-state index is 14.1. The first-order chi connectivity index (χ1) is 14.2. The van der Waals surface area contributed by atoms with E-state index in [9.17, 15) is 9.18 Å². The summed E-state index contributed by atoms with van der Waals surface area (Å²) < 4.78 is 14.1. The highest BCUT2D eigenvalue weighted by atomic mass is 19.1. The van der Waals surface area contributed by atoms with Gasteiger partial charge >= 0.3 is 0 Å². The number of halogens is 1. The van der Waals surface area contributed by atoms with Gasteiger partial charge < -0.3 is 5.32 Å². The molecule has 4 rings (SSSR count). The highest BCUT2D eigenvalue weighted by molar-refractivity contribution is 6.04. The molecule has 1 amide bonds. The lowest BCUT2D eigenvalue weighted by Gasteiger charge is -2.41. The van der Waals surface area contributed by atoms with Crippen LogP contribution in [-0.4, -0.2) is 39.4 Å². The van der Waals surface area contributed by atoms with E-state index in [0.717, 1.165) is 30.9 Å². The van der Waals surface area contributed by atoms with Gasteiger partial charge in [-0.1, -0.05) is 24.3 Å². The number of aryl methyl sites for hydroxylation is 2. The minimum Gasteiger partial charge on any atom is -0.350 e. The number of rotatable bonds is 4. The quantitative estimate of drug-likeness (QED) is 0.713. The number of benzene rings is 2. The zero-order chi connectivity index (χ0) is 21.5. The van der Waals surface area contributed by atoms with Crippen LogP contribution in [0.4, 0.5) is 4.39 Å². The third-order valence-corrected chi connectivity index (χ3v) is 6.06. The monoisotopic (exact) mass is 406 g/mol. The van der Waals surface area contributed by atoms with Crippen LogP contribution in [0.1, 0.15) is 46.7 Å². The fourth-order valence-electron chi connectivity index (χ4n) is 3.99. The Morgan fingerprint density at radius 3 is 2.60 bits per heavy atom. The Morgan fingerprint density at radius 2 is 1.83 bits per heavy atom. The van der Waals surface area contributed by atoms with Gasteiger partial charge in [0.25, 0.3) is 5.91 Å². The Labute approximate surface area is 176 Å². The minimum atomic E-state index is -0.489. The number of nitrogens with zero attached hydrogens (tertiary/aromatic N) is 3. The molecule has 1 aromatic heterocycles. The van der Waals surface area contributed by atoms with Gasteiger partial charge in [0.05, 0.1) is 22.5 Å². The molecule has 6 heteroatoms. The van der Waals surface area contributed by atoms with Gasteiger partial charge in [0.2, 0.25) is 0 Å². The van der Waals surface area contributed by atoms with Crippen LogP contribution in [0.3, 0.4) is 0 Å². The maximum Gasteiger partial charge on any atom is 0.253 e. The van der Waals surface area contributed by atoms with E-state index in [2.05, 4.69) is 58.3 Å². The van der Waals surface area contributed by atoms with Crippen molar-refractivity contribution in [1.29, 1.82) is 0 Å². The Balaban J connectivity index is 1.53. The molecule has 0 fully saturated rings. The number of nitrogens with one attached hydrogen (secondary N) is 1. The van der Waals surface area contributed by atoms with Crippen LogP contribution in [0.2, 0.25) is 0 Å². The van der Waals surface area contributed by atoms with Crippen molar-refractivity contribution >= 4 is 16.9 Å². The molecule has 1 aliphatic heterocycles. The first-order valence-corrected chi connectivity index (χ1v) is 10.3. The third kappa shape index (κ3) is 3.92. The van der Waals surface area contributed by atoms with Gasteiger partial charge in [-0.05, 0) is 51.3 Å². The fraction of sp³-hybridized carbons (Fsp3) is 0.375. The Bertz CT molecular complexity index is 1130. The van der Waals surface area contributed by atoms with Crippen molar-refractivity contribution in [3.8, 4) is 0 Å². The van der Waals surface area contributed by atoms with Crippen LogP contribution >= 0.6 is 0 Å². The van der Waals surface area contributed by atoms with Gasteiger partial charge in [-0.25, -0.2) is 14.4 Å². The number of aromatic nitrogens is 2. The highest BCUT2D eigenvalue weighted by Crippen LogP contribution is 2.25. The van der Waals surface area contributed by atoms with Crippen LogP contribution in [-0.2, 0) is 13.0 Å². The average Bonchev–Trinajstić information content (AvgIpc) is 2.72. The first-order valence-electron chi connectivity index (χ1n) is 10.3. The molecule has 0 saturated heterocycles. The SMILES string of the molecule is Cc1nc2cc(F)cc(C(=O)NCC(C)(C)N3CCc4ccccc4C3)c2nc1C. The summed E-state index contributed by atoms with van der Waals surface area (Å²) in [6, 6.07) is 11.1. The second kappa shape index (κ2) is 7.76. The highest BCUT2D eigenvalue weighted by Gasteiger charge is 2.30. The third-order valence-electron chi connectivity index (χ3n) is 6.06.